The molecular formula is C8H12N2O4. The molecule has 0 aliphatic rings. The number of rotatable bonds is 3. The van der Waals surface area contributed by atoms with Crippen LogP contribution >= 0.6 is 0 Å². The zero-order valence-electron chi connectivity index (χ0n) is 7.73. The van der Waals surface area contributed by atoms with Crippen molar-refractivity contribution in [2.24, 2.45) is 0 Å². The molecule has 1 rings (SSSR count). The molecule has 0 radical (unpaired) electrons. The molecule has 0 amide bonds. The molecule has 14 heavy (non-hydrogen) atoms. The van der Waals surface area contributed by atoms with Gasteiger partial charge in [0.1, 0.15) is 0 Å². The Labute approximate surface area is 79.8 Å². The smallest absolute Gasteiger partial charge is 0.332 e. The molecule has 0 saturated carbocycles. The summed E-state index contributed by atoms with van der Waals surface area (Å²) in [4.78, 5) is 24.6. The van der Waals surface area contributed by atoms with Crippen LogP contribution in [0.2, 0.25) is 0 Å². The molecule has 1 aromatic rings. The number of H-pyrrole nitrogens is 1. The molecule has 0 unspecified atom stereocenters. The van der Waals surface area contributed by atoms with E-state index in [0.717, 1.165) is 10.8 Å². The van der Waals surface area contributed by atoms with Gasteiger partial charge in [0.2, 0.25) is 5.91 Å². The van der Waals surface area contributed by atoms with Gasteiger partial charge in [-0.05, 0) is 6.42 Å². The number of aliphatic hydroxyl groups is 2. The van der Waals surface area contributed by atoms with Crippen molar-refractivity contribution in [1.29, 1.82) is 0 Å². The summed E-state index contributed by atoms with van der Waals surface area (Å²) in [5.74, 6) is -0.361. The topological polar surface area (TPSA) is 95.3 Å². The van der Waals surface area contributed by atoms with E-state index in [1.54, 1.807) is 0 Å². The molecule has 78 valence electrons. The average Bonchev–Trinajstić information content (AvgIpc) is 2.48. The monoisotopic (exact) mass is 200 g/mol. The Bertz CT molecular complexity index is 377. The van der Waals surface area contributed by atoms with Gasteiger partial charge < -0.3 is 15.2 Å². The predicted octanol–water partition coefficient (Wildman–Crippen LogP) is -0.400. The highest BCUT2D eigenvalue weighted by Crippen LogP contribution is 2.03. The van der Waals surface area contributed by atoms with E-state index in [9.17, 15) is 9.59 Å². The number of aromatic nitrogens is 2. The van der Waals surface area contributed by atoms with Crippen LogP contribution < -0.4 is 5.69 Å². The molecule has 6 nitrogen and oxygen atoms in total. The first-order chi connectivity index (χ1) is 6.56. The standard InChI is InChI=1S/C8H12N2O4/c1-2-3-6(11)10-4-5(7(12)13)9-8(10)14/h4,7,12-13H,2-3H2,1H3,(H,9,14). The Morgan fingerprint density at radius 3 is 2.71 bits per heavy atom. The van der Waals surface area contributed by atoms with Crippen LogP contribution in [0.25, 0.3) is 0 Å². The quantitative estimate of drug-likeness (QED) is 0.578. The lowest BCUT2D eigenvalue weighted by Gasteiger charge is -1.97. The Morgan fingerprint density at radius 1 is 1.64 bits per heavy atom. The van der Waals surface area contributed by atoms with Crippen molar-refractivity contribution in [2.75, 3.05) is 0 Å². The molecule has 1 aromatic heterocycles. The van der Waals surface area contributed by atoms with Gasteiger partial charge in [0.05, 0.1) is 5.69 Å². The Balaban J connectivity index is 2.99. The first kappa shape index (κ1) is 10.7. The Morgan fingerprint density at radius 2 is 2.29 bits per heavy atom. The second-order valence-electron chi connectivity index (χ2n) is 2.90. The third-order valence-electron chi connectivity index (χ3n) is 1.75. The van der Waals surface area contributed by atoms with E-state index in [0.29, 0.717) is 6.42 Å². The van der Waals surface area contributed by atoms with Gasteiger partial charge in [-0.3, -0.25) is 4.79 Å². The second kappa shape index (κ2) is 4.21. The zero-order chi connectivity index (χ0) is 10.7. The minimum Gasteiger partial charge on any atom is -0.363 e. The van der Waals surface area contributed by atoms with Crippen LogP contribution in [0, 0.1) is 0 Å². The van der Waals surface area contributed by atoms with Crippen LogP contribution in [-0.4, -0.2) is 25.7 Å². The van der Waals surface area contributed by atoms with E-state index < -0.39 is 12.0 Å². The highest BCUT2D eigenvalue weighted by atomic mass is 16.5. The van der Waals surface area contributed by atoms with Crippen LogP contribution in [0.15, 0.2) is 11.0 Å². The van der Waals surface area contributed by atoms with Gasteiger partial charge >= 0.3 is 5.69 Å². The summed E-state index contributed by atoms with van der Waals surface area (Å²) in [6, 6.07) is 0. The van der Waals surface area contributed by atoms with Gasteiger partial charge in [0.25, 0.3) is 0 Å². The molecule has 0 fully saturated rings. The van der Waals surface area contributed by atoms with Crippen molar-refractivity contribution >= 4 is 5.91 Å². The maximum absolute atomic E-state index is 11.3. The van der Waals surface area contributed by atoms with Gasteiger partial charge in [-0.1, -0.05) is 6.92 Å². The number of nitrogens with zero attached hydrogens (tertiary/aromatic N) is 1. The van der Waals surface area contributed by atoms with Crippen molar-refractivity contribution in [2.45, 2.75) is 26.1 Å². The van der Waals surface area contributed by atoms with Gasteiger partial charge in [-0.25, -0.2) is 9.36 Å². The van der Waals surface area contributed by atoms with Crippen molar-refractivity contribution < 1.29 is 15.0 Å². The van der Waals surface area contributed by atoms with Crippen molar-refractivity contribution in [3.8, 4) is 0 Å². The number of carbonyl (C=O) groups is 1. The normalized spacial score (nSPS) is 10.9. The van der Waals surface area contributed by atoms with Gasteiger partial charge in [-0.2, -0.15) is 0 Å². The fourth-order valence-corrected chi connectivity index (χ4v) is 1.06. The Kier molecular flexibility index (Phi) is 3.21. The molecular weight excluding hydrogens is 188 g/mol. The number of hydrogen-bond donors (Lipinski definition) is 3. The van der Waals surface area contributed by atoms with E-state index in [2.05, 4.69) is 4.98 Å². The summed E-state index contributed by atoms with van der Waals surface area (Å²) in [5, 5.41) is 17.5. The molecule has 0 aliphatic heterocycles. The third kappa shape index (κ3) is 2.09. The maximum Gasteiger partial charge on any atom is 0.332 e. The lowest BCUT2D eigenvalue weighted by molar-refractivity contribution is -0.0456. The summed E-state index contributed by atoms with van der Waals surface area (Å²) in [5.41, 5.74) is -0.731. The van der Waals surface area contributed by atoms with E-state index in [-0.39, 0.29) is 18.0 Å². The summed E-state index contributed by atoms with van der Waals surface area (Å²) in [6.07, 6.45) is 0.218. The van der Waals surface area contributed by atoms with Gasteiger partial charge in [0, 0.05) is 12.6 Å². The second-order valence-corrected chi connectivity index (χ2v) is 2.90. The third-order valence-corrected chi connectivity index (χ3v) is 1.75. The molecule has 0 atom stereocenters. The summed E-state index contributed by atoms with van der Waals surface area (Å²) in [6.45, 7) is 1.82. The SMILES string of the molecule is CCCC(=O)n1cc(C(O)O)[nH]c1=O. The van der Waals surface area contributed by atoms with Crippen molar-refractivity contribution in [1.82, 2.24) is 9.55 Å². The molecule has 3 N–H and O–H groups in total. The largest absolute Gasteiger partial charge is 0.363 e. The number of aliphatic hydroxyl groups excluding tert-OH is 1. The highest BCUT2D eigenvalue weighted by Gasteiger charge is 2.12. The highest BCUT2D eigenvalue weighted by molar-refractivity contribution is 5.78. The molecule has 0 saturated heterocycles. The van der Waals surface area contributed by atoms with Crippen LogP contribution in [0.3, 0.4) is 0 Å². The molecule has 0 spiro atoms. The molecule has 0 aromatic carbocycles. The van der Waals surface area contributed by atoms with Crippen LogP contribution in [-0.2, 0) is 0 Å². The van der Waals surface area contributed by atoms with E-state index in [1.165, 1.54) is 0 Å². The number of aromatic amines is 1. The van der Waals surface area contributed by atoms with E-state index in [4.69, 9.17) is 10.2 Å². The lowest BCUT2D eigenvalue weighted by atomic mass is 10.3. The van der Waals surface area contributed by atoms with Gasteiger partial charge in [0.15, 0.2) is 6.29 Å². The minimum atomic E-state index is -1.77. The molecule has 1 heterocycles. The fraction of sp³-hybridized carbons (Fsp3) is 0.500. The number of nitrogens with one attached hydrogen (secondary N) is 1. The number of carbonyl (C=O) groups excluding carboxylic acids is 1. The van der Waals surface area contributed by atoms with Crippen LogP contribution in [0.5, 0.6) is 0 Å². The average molecular weight is 200 g/mol. The van der Waals surface area contributed by atoms with Crippen molar-refractivity contribution in [3.05, 3.63) is 22.4 Å². The van der Waals surface area contributed by atoms with Crippen LogP contribution in [0.1, 0.15) is 36.5 Å². The molecule has 0 aliphatic carbocycles. The van der Waals surface area contributed by atoms with E-state index in [1.807, 2.05) is 6.92 Å². The Hall–Kier alpha value is -1.40. The lowest BCUT2D eigenvalue weighted by Crippen LogP contribution is -2.23. The number of hydrogen-bond acceptors (Lipinski definition) is 4. The fourth-order valence-electron chi connectivity index (χ4n) is 1.06. The number of imidazole rings is 1. The summed E-state index contributed by atoms with van der Waals surface area (Å²) < 4.78 is 0.846. The molecule has 6 heteroatoms. The van der Waals surface area contributed by atoms with E-state index >= 15 is 0 Å². The van der Waals surface area contributed by atoms with Crippen molar-refractivity contribution in [3.63, 3.8) is 0 Å². The summed E-state index contributed by atoms with van der Waals surface area (Å²) in [7, 11) is 0. The van der Waals surface area contributed by atoms with Crippen LogP contribution in [0.4, 0.5) is 0 Å². The van der Waals surface area contributed by atoms with Gasteiger partial charge in [-0.15, -0.1) is 0 Å². The molecule has 0 bridgehead atoms. The first-order valence-electron chi connectivity index (χ1n) is 4.27. The zero-order valence-corrected chi connectivity index (χ0v) is 7.73. The predicted molar refractivity (Wildman–Crippen MR) is 47.8 cm³/mol. The minimum absolute atomic E-state index is 0.0838. The summed E-state index contributed by atoms with van der Waals surface area (Å²) >= 11 is 0. The maximum atomic E-state index is 11.3. The first-order valence-corrected chi connectivity index (χ1v) is 4.27.